The minimum absolute atomic E-state index is 0.119. The second kappa shape index (κ2) is 8.44. The van der Waals surface area contributed by atoms with E-state index in [1.165, 1.54) is 0 Å². The molecule has 3 rings (SSSR count). The molecule has 1 aliphatic heterocycles. The quantitative estimate of drug-likeness (QED) is 0.307. The van der Waals surface area contributed by atoms with Gasteiger partial charge in [-0.2, -0.15) is 0 Å². The number of carbonyl (C=O) groups is 1. The number of hydrogen-bond acceptors (Lipinski definition) is 4. The number of aldehydes is 1. The number of rotatable bonds is 7. The summed E-state index contributed by atoms with van der Waals surface area (Å²) in [7, 11) is -1.94. The second-order valence-corrected chi connectivity index (χ2v) is 12.9. The lowest BCUT2D eigenvalue weighted by Crippen LogP contribution is -2.51. The van der Waals surface area contributed by atoms with Gasteiger partial charge in [-0.25, -0.2) is 0 Å². The summed E-state index contributed by atoms with van der Waals surface area (Å²) in [6.45, 7) is 8.55. The van der Waals surface area contributed by atoms with Crippen LogP contribution in [-0.2, 0) is 26.0 Å². The van der Waals surface area contributed by atoms with Crippen LogP contribution < -0.4 is 0 Å². The number of allylic oxidation sites excluding steroid dienone is 2. The number of aromatic hydroxyl groups is 1. The third-order valence-electron chi connectivity index (χ3n) is 6.95. The summed E-state index contributed by atoms with van der Waals surface area (Å²) in [6, 6.07) is 8.15. The maximum Gasteiger partial charge on any atom is 0.192 e. The van der Waals surface area contributed by atoms with Gasteiger partial charge in [0.1, 0.15) is 11.4 Å². The lowest BCUT2D eigenvalue weighted by Gasteiger charge is -2.39. The number of hydrogen-bond donors (Lipinski definition) is 1. The van der Waals surface area contributed by atoms with Crippen LogP contribution in [0.5, 0.6) is 5.75 Å². The lowest BCUT2D eigenvalue weighted by atomic mass is 9.67. The van der Waals surface area contributed by atoms with Crippen molar-refractivity contribution in [3.05, 3.63) is 41.5 Å². The van der Waals surface area contributed by atoms with Crippen molar-refractivity contribution in [2.45, 2.75) is 69.6 Å². The molecule has 4 nitrogen and oxygen atoms in total. The van der Waals surface area contributed by atoms with Gasteiger partial charge in [0.15, 0.2) is 20.2 Å². The van der Waals surface area contributed by atoms with Gasteiger partial charge in [0, 0.05) is 5.56 Å². The third-order valence-corrected chi connectivity index (χ3v) is 11.7. The first kappa shape index (κ1) is 22.4. The molecule has 1 aromatic rings. The molecule has 1 fully saturated rings. The molecule has 5 heteroatoms. The highest BCUT2D eigenvalue weighted by molar-refractivity contribution is 6.73. The Labute approximate surface area is 180 Å². The van der Waals surface area contributed by atoms with E-state index in [1.807, 2.05) is 13.0 Å². The molecular formula is C25H30O4Si. The highest BCUT2D eigenvalue weighted by Gasteiger charge is 2.79. The summed E-state index contributed by atoms with van der Waals surface area (Å²) >= 11 is 0. The van der Waals surface area contributed by atoms with Crippen molar-refractivity contribution < 1.29 is 19.1 Å². The molecule has 1 aliphatic carbocycles. The topological polar surface area (TPSA) is 59.1 Å². The minimum atomic E-state index is -1.94. The number of benzene rings is 1. The van der Waals surface area contributed by atoms with Gasteiger partial charge in [-0.1, -0.05) is 44.6 Å². The molecule has 0 bridgehead atoms. The highest BCUT2D eigenvalue weighted by atomic mass is 28.4. The van der Waals surface area contributed by atoms with Crippen molar-refractivity contribution in [2.75, 3.05) is 0 Å². The zero-order valence-corrected chi connectivity index (χ0v) is 19.2. The molecule has 0 aromatic heterocycles. The molecule has 158 valence electrons. The van der Waals surface area contributed by atoms with E-state index in [2.05, 4.69) is 38.5 Å². The van der Waals surface area contributed by atoms with Gasteiger partial charge in [0.25, 0.3) is 0 Å². The van der Waals surface area contributed by atoms with Gasteiger partial charge in [-0.3, -0.25) is 4.79 Å². The predicted molar refractivity (Wildman–Crippen MR) is 120 cm³/mol. The average Bonchev–Trinajstić information content (AvgIpc) is 3.48. The van der Waals surface area contributed by atoms with E-state index in [0.29, 0.717) is 6.42 Å². The number of epoxide rings is 1. The molecule has 0 unspecified atom stereocenters. The van der Waals surface area contributed by atoms with Crippen LogP contribution in [0, 0.1) is 30.1 Å². The van der Waals surface area contributed by atoms with Gasteiger partial charge in [0.2, 0.25) is 0 Å². The number of terminal acetylenes is 1. The van der Waals surface area contributed by atoms with E-state index in [1.54, 1.807) is 24.3 Å². The Bertz CT molecular complexity index is 938. The summed E-state index contributed by atoms with van der Waals surface area (Å²) in [4.78, 5) is 12.5. The largest absolute Gasteiger partial charge is 0.508 e. The summed E-state index contributed by atoms with van der Waals surface area (Å²) < 4.78 is 13.1. The van der Waals surface area contributed by atoms with Crippen LogP contribution >= 0.6 is 0 Å². The van der Waals surface area contributed by atoms with Crippen LogP contribution in [0.1, 0.15) is 38.8 Å². The zero-order valence-electron chi connectivity index (χ0n) is 18.2. The minimum Gasteiger partial charge on any atom is -0.508 e. The van der Waals surface area contributed by atoms with E-state index in [0.717, 1.165) is 35.5 Å². The summed E-state index contributed by atoms with van der Waals surface area (Å²) in [5.41, 5.74) is -0.333. The fraction of sp³-hybridized carbons (Fsp3) is 0.480. The number of ether oxygens (including phenoxy) is 1. The lowest BCUT2D eigenvalue weighted by molar-refractivity contribution is -0.112. The smallest absolute Gasteiger partial charge is 0.192 e. The van der Waals surface area contributed by atoms with Crippen molar-refractivity contribution in [1.82, 2.24) is 0 Å². The van der Waals surface area contributed by atoms with Crippen molar-refractivity contribution in [3.63, 3.8) is 0 Å². The zero-order chi connectivity index (χ0) is 22.0. The number of fused-ring (bicyclic) bond motifs is 3. The van der Waals surface area contributed by atoms with E-state index >= 15 is 0 Å². The first-order valence-corrected chi connectivity index (χ1v) is 13.2. The highest BCUT2D eigenvalue weighted by Crippen LogP contribution is 2.65. The molecule has 0 amide bonds. The Morgan fingerprint density at radius 1 is 1.33 bits per heavy atom. The standard InChI is InChI=1S/C25H30O4Si/c1-6-10-11-12-13-21-16-20-14-15-22(27)17-23(20)24(18-26)25(21,29-24)19(5)28-30(7-2,8-3)9-4/h1,10-11,14-15,17-19,21,27H,7-9,16H2,2-5H3/b11-10-/t19-,21-,24-,25+/m1/s1. The van der Waals surface area contributed by atoms with Gasteiger partial charge in [-0.15, -0.1) is 6.42 Å². The Morgan fingerprint density at radius 3 is 2.63 bits per heavy atom. The van der Waals surface area contributed by atoms with Gasteiger partial charge >= 0.3 is 0 Å². The first-order chi connectivity index (χ1) is 14.4. The van der Waals surface area contributed by atoms with E-state index in [-0.39, 0.29) is 17.8 Å². The Kier molecular flexibility index (Phi) is 6.29. The van der Waals surface area contributed by atoms with Gasteiger partial charge in [0.05, 0.1) is 12.0 Å². The van der Waals surface area contributed by atoms with Crippen molar-refractivity contribution in [3.8, 4) is 29.9 Å². The van der Waals surface area contributed by atoms with Crippen LogP contribution in [0.15, 0.2) is 30.4 Å². The Hall–Kier alpha value is -2.31. The molecule has 0 saturated carbocycles. The maximum absolute atomic E-state index is 12.5. The predicted octanol–water partition coefficient (Wildman–Crippen LogP) is 4.33. The number of phenolic OH excluding ortho intramolecular Hbond substituents is 1. The van der Waals surface area contributed by atoms with Crippen molar-refractivity contribution in [1.29, 1.82) is 0 Å². The van der Waals surface area contributed by atoms with E-state index in [4.69, 9.17) is 15.6 Å². The average molecular weight is 423 g/mol. The van der Waals surface area contributed by atoms with E-state index in [9.17, 15) is 9.90 Å². The molecule has 0 radical (unpaired) electrons. The molecule has 1 aromatic carbocycles. The van der Waals surface area contributed by atoms with Gasteiger partial charge < -0.3 is 14.3 Å². The maximum atomic E-state index is 12.5. The SMILES string of the molecule is C#C/C=C\C#C[C@@H]1Cc2ccc(O)cc2[C@@]2(C=O)O[C@@]12[C@@H](C)O[Si](CC)(CC)CC. The van der Waals surface area contributed by atoms with Crippen LogP contribution in [-0.4, -0.2) is 31.4 Å². The normalized spacial score (nSPS) is 27.9. The van der Waals surface area contributed by atoms with Crippen LogP contribution in [0.25, 0.3) is 0 Å². The molecule has 0 spiro atoms. The fourth-order valence-corrected chi connectivity index (χ4v) is 7.93. The number of phenols is 1. The van der Waals surface area contributed by atoms with Crippen LogP contribution in [0.3, 0.4) is 0 Å². The summed E-state index contributed by atoms with van der Waals surface area (Å²) in [5.74, 6) is 8.63. The third kappa shape index (κ3) is 3.32. The Balaban J connectivity index is 2.10. The second-order valence-electron chi connectivity index (χ2n) is 8.14. The first-order valence-electron chi connectivity index (χ1n) is 10.7. The molecule has 30 heavy (non-hydrogen) atoms. The Morgan fingerprint density at radius 2 is 2.03 bits per heavy atom. The molecule has 1 saturated heterocycles. The summed E-state index contributed by atoms with van der Waals surface area (Å²) in [6.07, 6.45) is 9.65. The molecule has 2 aliphatic rings. The molecule has 1 N–H and O–H groups in total. The number of carbonyl (C=O) groups excluding carboxylic acids is 1. The van der Waals surface area contributed by atoms with Crippen LogP contribution in [0.4, 0.5) is 0 Å². The molecule has 4 atom stereocenters. The van der Waals surface area contributed by atoms with Gasteiger partial charge in [-0.05, 0) is 61.3 Å². The molecular weight excluding hydrogens is 392 g/mol. The van der Waals surface area contributed by atoms with E-state index < -0.39 is 19.5 Å². The molecule has 1 heterocycles. The van der Waals surface area contributed by atoms with Crippen molar-refractivity contribution >= 4 is 14.6 Å². The summed E-state index contributed by atoms with van der Waals surface area (Å²) in [5, 5.41) is 10.1. The fourth-order valence-electron chi connectivity index (χ4n) is 5.00. The monoisotopic (exact) mass is 422 g/mol. The van der Waals surface area contributed by atoms with Crippen molar-refractivity contribution in [2.24, 2.45) is 5.92 Å². The van der Waals surface area contributed by atoms with Crippen LogP contribution in [0.2, 0.25) is 18.1 Å².